The van der Waals surface area contributed by atoms with Gasteiger partial charge in [0.25, 0.3) is 5.69 Å². The monoisotopic (exact) mass is 348 g/mol. The fourth-order valence-electron chi connectivity index (χ4n) is 1.97. The number of benzene rings is 2. The van der Waals surface area contributed by atoms with E-state index < -0.39 is 4.92 Å². The van der Waals surface area contributed by atoms with Gasteiger partial charge in [0, 0.05) is 16.2 Å². The van der Waals surface area contributed by atoms with E-state index in [2.05, 4.69) is 42.0 Å². The maximum Gasteiger partial charge on any atom is 0.293 e. The van der Waals surface area contributed by atoms with Crippen molar-refractivity contribution in [1.82, 2.24) is 0 Å². The Morgan fingerprint density at radius 3 is 2.24 bits per heavy atom. The Morgan fingerprint density at radius 1 is 1.10 bits per heavy atom. The highest BCUT2D eigenvalue weighted by molar-refractivity contribution is 9.10. The van der Waals surface area contributed by atoms with Gasteiger partial charge >= 0.3 is 0 Å². The van der Waals surface area contributed by atoms with E-state index in [1.807, 2.05) is 24.3 Å². The van der Waals surface area contributed by atoms with Crippen molar-refractivity contribution >= 4 is 33.0 Å². The number of nitro groups is 1. The molecule has 2 rings (SSSR count). The highest BCUT2D eigenvalue weighted by Gasteiger charge is 2.15. The summed E-state index contributed by atoms with van der Waals surface area (Å²) in [7, 11) is 0. The molecular formula is C16H17BrN2O2. The molecule has 0 saturated heterocycles. The lowest BCUT2D eigenvalue weighted by atomic mass is 9.87. The summed E-state index contributed by atoms with van der Waals surface area (Å²) in [6, 6.07) is 12.9. The maximum atomic E-state index is 11.1. The van der Waals surface area contributed by atoms with Gasteiger partial charge in [-0.25, -0.2) is 0 Å². The maximum absolute atomic E-state index is 11.1. The lowest BCUT2D eigenvalue weighted by Gasteiger charge is -2.19. The van der Waals surface area contributed by atoms with Crippen LogP contribution in [0.1, 0.15) is 26.3 Å². The van der Waals surface area contributed by atoms with Crippen LogP contribution in [0.25, 0.3) is 0 Å². The summed E-state index contributed by atoms with van der Waals surface area (Å²) in [6.07, 6.45) is 0. The summed E-state index contributed by atoms with van der Waals surface area (Å²) in [5.74, 6) is 0. The summed E-state index contributed by atoms with van der Waals surface area (Å²) < 4.78 is 0.683. The number of hydrogen-bond acceptors (Lipinski definition) is 3. The van der Waals surface area contributed by atoms with E-state index in [-0.39, 0.29) is 11.1 Å². The largest absolute Gasteiger partial charge is 0.350 e. The van der Waals surface area contributed by atoms with Crippen LogP contribution < -0.4 is 5.32 Å². The normalized spacial score (nSPS) is 11.2. The molecule has 0 aliphatic carbocycles. The highest BCUT2D eigenvalue weighted by atomic mass is 79.9. The van der Waals surface area contributed by atoms with Gasteiger partial charge in [0.1, 0.15) is 5.69 Å². The molecule has 0 saturated carbocycles. The quantitative estimate of drug-likeness (QED) is 0.596. The number of halogens is 1. The fourth-order valence-corrected chi connectivity index (χ4v) is 2.32. The minimum atomic E-state index is -0.392. The van der Waals surface area contributed by atoms with E-state index in [0.717, 1.165) is 5.69 Å². The van der Waals surface area contributed by atoms with Crippen molar-refractivity contribution in [2.45, 2.75) is 26.2 Å². The van der Waals surface area contributed by atoms with Crippen molar-refractivity contribution < 1.29 is 4.92 Å². The molecule has 0 fully saturated rings. The van der Waals surface area contributed by atoms with E-state index >= 15 is 0 Å². The lowest BCUT2D eigenvalue weighted by molar-refractivity contribution is -0.384. The third kappa shape index (κ3) is 3.82. The molecule has 21 heavy (non-hydrogen) atoms. The van der Waals surface area contributed by atoms with E-state index in [1.165, 1.54) is 11.6 Å². The van der Waals surface area contributed by atoms with Crippen LogP contribution in [0.4, 0.5) is 17.1 Å². The number of nitro benzene ring substituents is 1. The number of nitrogens with one attached hydrogen (secondary N) is 1. The van der Waals surface area contributed by atoms with Gasteiger partial charge in [-0.3, -0.25) is 10.1 Å². The molecule has 0 bridgehead atoms. The van der Waals surface area contributed by atoms with Crippen LogP contribution in [0.2, 0.25) is 0 Å². The van der Waals surface area contributed by atoms with Crippen LogP contribution in [0, 0.1) is 10.1 Å². The molecular weight excluding hydrogens is 332 g/mol. The SMILES string of the molecule is CC(C)(C)c1ccc(Nc2ccc(Br)cc2[N+](=O)[O-])cc1. The molecule has 4 nitrogen and oxygen atoms in total. The molecule has 110 valence electrons. The van der Waals surface area contributed by atoms with Crippen molar-refractivity contribution in [3.05, 3.63) is 62.6 Å². The first kappa shape index (κ1) is 15.5. The molecule has 1 N–H and O–H groups in total. The molecule has 5 heteroatoms. The van der Waals surface area contributed by atoms with Crippen LogP contribution >= 0.6 is 15.9 Å². The zero-order chi connectivity index (χ0) is 15.6. The molecule has 0 atom stereocenters. The molecule has 0 unspecified atom stereocenters. The number of hydrogen-bond donors (Lipinski definition) is 1. The van der Waals surface area contributed by atoms with E-state index in [1.54, 1.807) is 12.1 Å². The summed E-state index contributed by atoms with van der Waals surface area (Å²) in [5, 5.41) is 14.2. The molecule has 0 amide bonds. The van der Waals surface area contributed by atoms with Gasteiger partial charge in [-0.1, -0.05) is 48.8 Å². The molecule has 2 aromatic carbocycles. The van der Waals surface area contributed by atoms with Crippen LogP contribution in [0.3, 0.4) is 0 Å². The van der Waals surface area contributed by atoms with Gasteiger partial charge in [0.2, 0.25) is 0 Å². The average molecular weight is 349 g/mol. The Labute approximate surface area is 132 Å². The van der Waals surface area contributed by atoms with Gasteiger partial charge < -0.3 is 5.32 Å². The third-order valence-corrected chi connectivity index (χ3v) is 3.68. The topological polar surface area (TPSA) is 55.2 Å². The van der Waals surface area contributed by atoms with Gasteiger partial charge in [0.15, 0.2) is 0 Å². The first-order chi connectivity index (χ1) is 9.77. The third-order valence-electron chi connectivity index (χ3n) is 3.19. The Kier molecular flexibility index (Phi) is 4.32. The Bertz CT molecular complexity index is 661. The minimum Gasteiger partial charge on any atom is -0.350 e. The summed E-state index contributed by atoms with van der Waals surface area (Å²) in [6.45, 7) is 6.44. The molecule has 0 heterocycles. The number of rotatable bonds is 3. The standard InChI is InChI=1S/C16H17BrN2O2/c1-16(2,3)11-4-7-13(8-5-11)18-14-9-6-12(17)10-15(14)19(20)21/h4-10,18H,1-3H3. The molecule has 0 aromatic heterocycles. The zero-order valence-corrected chi connectivity index (χ0v) is 13.8. The van der Waals surface area contributed by atoms with Gasteiger partial charge in [-0.2, -0.15) is 0 Å². The Morgan fingerprint density at radius 2 is 1.71 bits per heavy atom. The van der Waals surface area contributed by atoms with Gasteiger partial charge in [-0.15, -0.1) is 0 Å². The zero-order valence-electron chi connectivity index (χ0n) is 12.2. The van der Waals surface area contributed by atoms with Crippen LogP contribution in [-0.4, -0.2) is 4.92 Å². The second kappa shape index (κ2) is 5.85. The Balaban J connectivity index is 2.28. The fraction of sp³-hybridized carbons (Fsp3) is 0.250. The van der Waals surface area contributed by atoms with Gasteiger partial charge in [0.05, 0.1) is 4.92 Å². The van der Waals surface area contributed by atoms with Crippen molar-refractivity contribution in [1.29, 1.82) is 0 Å². The predicted octanol–water partition coefficient (Wildman–Crippen LogP) is 5.40. The van der Waals surface area contributed by atoms with Gasteiger partial charge in [-0.05, 0) is 35.2 Å². The molecule has 0 aliphatic rings. The molecule has 0 spiro atoms. The predicted molar refractivity (Wildman–Crippen MR) is 89.2 cm³/mol. The van der Waals surface area contributed by atoms with E-state index in [0.29, 0.717) is 10.2 Å². The average Bonchev–Trinajstić information content (AvgIpc) is 2.40. The second-order valence-corrected chi connectivity index (χ2v) is 6.79. The second-order valence-electron chi connectivity index (χ2n) is 5.87. The summed E-state index contributed by atoms with van der Waals surface area (Å²) >= 11 is 3.25. The lowest BCUT2D eigenvalue weighted by Crippen LogP contribution is -2.10. The molecule has 2 aromatic rings. The molecule has 0 radical (unpaired) electrons. The van der Waals surface area contributed by atoms with Crippen molar-refractivity contribution in [3.63, 3.8) is 0 Å². The smallest absolute Gasteiger partial charge is 0.293 e. The highest BCUT2D eigenvalue weighted by Crippen LogP contribution is 2.31. The van der Waals surface area contributed by atoms with Crippen molar-refractivity contribution in [2.24, 2.45) is 0 Å². The Hall–Kier alpha value is -1.88. The molecule has 0 aliphatic heterocycles. The summed E-state index contributed by atoms with van der Waals surface area (Å²) in [5.41, 5.74) is 2.66. The first-order valence-electron chi connectivity index (χ1n) is 6.59. The van der Waals surface area contributed by atoms with Crippen LogP contribution in [0.15, 0.2) is 46.9 Å². The number of anilines is 2. The van der Waals surface area contributed by atoms with Crippen LogP contribution in [0.5, 0.6) is 0 Å². The van der Waals surface area contributed by atoms with Crippen molar-refractivity contribution in [3.8, 4) is 0 Å². The summed E-state index contributed by atoms with van der Waals surface area (Å²) in [4.78, 5) is 10.7. The van der Waals surface area contributed by atoms with E-state index in [9.17, 15) is 10.1 Å². The minimum absolute atomic E-state index is 0.0456. The number of nitrogens with zero attached hydrogens (tertiary/aromatic N) is 1. The van der Waals surface area contributed by atoms with Crippen molar-refractivity contribution in [2.75, 3.05) is 5.32 Å². The first-order valence-corrected chi connectivity index (χ1v) is 7.38. The van der Waals surface area contributed by atoms with Crippen LogP contribution in [-0.2, 0) is 5.41 Å². The van der Waals surface area contributed by atoms with E-state index in [4.69, 9.17) is 0 Å².